The van der Waals surface area contributed by atoms with Crippen molar-refractivity contribution in [3.05, 3.63) is 48.6 Å². The van der Waals surface area contributed by atoms with Crippen LogP contribution in [-0.2, 0) is 28.6 Å². The molecule has 0 aliphatic heterocycles. The van der Waals surface area contributed by atoms with Crippen molar-refractivity contribution < 1.29 is 38.2 Å². The molecule has 1 N–H and O–H groups in total. The maximum absolute atomic E-state index is 12.7. The van der Waals surface area contributed by atoms with Gasteiger partial charge in [-0.05, 0) is 51.4 Å². The number of hydrogen-bond donors (Lipinski definition) is 1. The first-order valence-electron chi connectivity index (χ1n) is 22.2. The number of aliphatic carboxylic acids is 1. The molecule has 0 spiro atoms. The molecule has 318 valence electrons. The van der Waals surface area contributed by atoms with Crippen molar-refractivity contribution in [2.75, 3.05) is 41.0 Å². The van der Waals surface area contributed by atoms with Gasteiger partial charge in [-0.15, -0.1) is 0 Å². The maximum atomic E-state index is 12.7. The van der Waals surface area contributed by atoms with Gasteiger partial charge in [-0.1, -0.05) is 159 Å². The van der Waals surface area contributed by atoms with Gasteiger partial charge >= 0.3 is 17.9 Å². The Labute approximate surface area is 337 Å². The number of esters is 2. The average molecular weight is 775 g/mol. The monoisotopic (exact) mass is 775 g/mol. The standard InChI is InChI=1S/C47H83NO7/c1-6-8-10-12-14-16-18-20-21-22-23-24-25-26-28-30-32-34-36-38-46(50)55-43(41-53-40-39-44(47(51)52)48(3,4)5)42-54-45(49)37-35-33-31-29-27-19-17-15-13-11-9-7-2/h8,10,14,16,20-21,23-24,43-44H,6-7,9,11-13,15,17-19,22,25-42H2,1-5H3/p+1/b10-8-,16-14-,21-20-,24-23-. The van der Waals surface area contributed by atoms with Gasteiger partial charge < -0.3 is 23.8 Å². The number of carbonyl (C=O) groups is 3. The number of carboxylic acid groups (broad SMARTS) is 1. The summed E-state index contributed by atoms with van der Waals surface area (Å²) in [6.45, 7) is 4.60. The van der Waals surface area contributed by atoms with Gasteiger partial charge in [0.1, 0.15) is 6.61 Å². The van der Waals surface area contributed by atoms with Gasteiger partial charge in [0.25, 0.3) is 0 Å². The lowest BCUT2D eigenvalue weighted by Crippen LogP contribution is -2.50. The van der Waals surface area contributed by atoms with Crippen LogP contribution in [-0.4, -0.2) is 80.6 Å². The Balaban J connectivity index is 4.35. The van der Waals surface area contributed by atoms with Crippen LogP contribution >= 0.6 is 0 Å². The van der Waals surface area contributed by atoms with E-state index in [-0.39, 0.29) is 36.2 Å². The molecule has 0 aliphatic rings. The van der Waals surface area contributed by atoms with Crippen molar-refractivity contribution >= 4 is 17.9 Å². The van der Waals surface area contributed by atoms with Crippen molar-refractivity contribution in [2.24, 2.45) is 0 Å². The quantitative estimate of drug-likeness (QED) is 0.0287. The lowest BCUT2D eigenvalue weighted by Gasteiger charge is -2.31. The number of ether oxygens (including phenoxy) is 3. The molecule has 55 heavy (non-hydrogen) atoms. The first kappa shape index (κ1) is 52.3. The van der Waals surface area contributed by atoms with E-state index in [1.54, 1.807) is 0 Å². The Morgan fingerprint density at radius 1 is 0.564 bits per heavy atom. The number of allylic oxidation sites excluding steroid dienone is 8. The second kappa shape index (κ2) is 38.2. The Morgan fingerprint density at radius 3 is 1.51 bits per heavy atom. The van der Waals surface area contributed by atoms with Crippen molar-refractivity contribution in [3.63, 3.8) is 0 Å². The number of carbonyl (C=O) groups excluding carboxylic acids is 2. The highest BCUT2D eigenvalue weighted by molar-refractivity contribution is 5.72. The first-order valence-corrected chi connectivity index (χ1v) is 22.2. The number of likely N-dealkylation sites (N-methyl/N-ethyl adjacent to an activating group) is 1. The molecule has 0 aromatic carbocycles. The molecule has 2 atom stereocenters. The summed E-state index contributed by atoms with van der Waals surface area (Å²) in [4.78, 5) is 36.9. The van der Waals surface area contributed by atoms with Crippen LogP contribution < -0.4 is 0 Å². The van der Waals surface area contributed by atoms with Crippen molar-refractivity contribution in [1.29, 1.82) is 0 Å². The lowest BCUT2D eigenvalue weighted by atomic mass is 10.0. The van der Waals surface area contributed by atoms with E-state index >= 15 is 0 Å². The predicted molar refractivity (Wildman–Crippen MR) is 229 cm³/mol. The van der Waals surface area contributed by atoms with Crippen LogP contribution in [0, 0.1) is 0 Å². The summed E-state index contributed by atoms with van der Waals surface area (Å²) in [5.74, 6) is -1.48. The Hall–Kier alpha value is -2.71. The fourth-order valence-corrected chi connectivity index (χ4v) is 6.32. The Morgan fingerprint density at radius 2 is 1.02 bits per heavy atom. The van der Waals surface area contributed by atoms with Crippen LogP contribution in [0.2, 0.25) is 0 Å². The summed E-state index contributed by atoms with van der Waals surface area (Å²) >= 11 is 0. The third-order valence-corrected chi connectivity index (χ3v) is 9.74. The predicted octanol–water partition coefficient (Wildman–Crippen LogP) is 12.0. The highest BCUT2D eigenvalue weighted by Crippen LogP contribution is 2.14. The highest BCUT2D eigenvalue weighted by Gasteiger charge is 2.31. The molecule has 0 amide bonds. The van der Waals surface area contributed by atoms with Crippen LogP contribution in [0.5, 0.6) is 0 Å². The van der Waals surface area contributed by atoms with E-state index in [9.17, 15) is 19.5 Å². The number of nitrogens with zero attached hydrogens (tertiary/aromatic N) is 1. The highest BCUT2D eigenvalue weighted by atomic mass is 16.6. The average Bonchev–Trinajstić information content (AvgIpc) is 3.14. The SMILES string of the molecule is CC/C=C\C/C=C\C/C=C\C/C=C\CCCCCCCCC(=O)OC(COCCC(C(=O)O)[N+](C)(C)C)COC(=O)CCCCCCCCCCCCCC. The second-order valence-electron chi connectivity index (χ2n) is 15.9. The zero-order valence-corrected chi connectivity index (χ0v) is 36.1. The molecule has 0 aliphatic carbocycles. The van der Waals surface area contributed by atoms with Crippen LogP contribution in [0.3, 0.4) is 0 Å². The molecule has 0 radical (unpaired) electrons. The molecule has 8 heteroatoms. The Kier molecular flexibility index (Phi) is 36.3. The molecule has 0 aromatic rings. The molecule has 0 fully saturated rings. The molecule has 0 saturated carbocycles. The summed E-state index contributed by atoms with van der Waals surface area (Å²) in [7, 11) is 5.52. The second-order valence-corrected chi connectivity index (χ2v) is 15.9. The van der Waals surface area contributed by atoms with Crippen molar-refractivity contribution in [3.8, 4) is 0 Å². The minimum atomic E-state index is -0.878. The number of rotatable bonds is 39. The van der Waals surface area contributed by atoms with Crippen molar-refractivity contribution in [1.82, 2.24) is 0 Å². The van der Waals surface area contributed by atoms with Crippen LogP contribution in [0.15, 0.2) is 48.6 Å². The van der Waals surface area contributed by atoms with Gasteiger partial charge in [0.15, 0.2) is 12.1 Å². The molecule has 0 rings (SSSR count). The van der Waals surface area contributed by atoms with E-state index in [2.05, 4.69) is 62.5 Å². The summed E-state index contributed by atoms with van der Waals surface area (Å²) in [6, 6.07) is -0.617. The first-order chi connectivity index (χ1) is 26.6. The molecular formula is C47H84NO7+. The summed E-state index contributed by atoms with van der Waals surface area (Å²) < 4.78 is 17.3. The smallest absolute Gasteiger partial charge is 0.362 e. The minimum absolute atomic E-state index is 0.0558. The molecule has 0 heterocycles. The van der Waals surface area contributed by atoms with E-state index in [1.165, 1.54) is 70.6 Å². The van der Waals surface area contributed by atoms with E-state index in [0.29, 0.717) is 19.3 Å². The van der Waals surface area contributed by atoms with Crippen molar-refractivity contribution in [2.45, 2.75) is 193 Å². The molecule has 8 nitrogen and oxygen atoms in total. The number of carboxylic acids is 1. The normalized spacial score (nSPS) is 13.4. The number of hydrogen-bond acceptors (Lipinski definition) is 6. The fourth-order valence-electron chi connectivity index (χ4n) is 6.32. The molecular weight excluding hydrogens is 691 g/mol. The molecule has 2 unspecified atom stereocenters. The minimum Gasteiger partial charge on any atom is -0.477 e. The van der Waals surface area contributed by atoms with E-state index in [4.69, 9.17) is 14.2 Å². The zero-order valence-electron chi connectivity index (χ0n) is 36.1. The van der Waals surface area contributed by atoms with Crippen LogP contribution in [0.4, 0.5) is 0 Å². The largest absolute Gasteiger partial charge is 0.477 e. The van der Waals surface area contributed by atoms with E-state index < -0.39 is 18.1 Å². The van der Waals surface area contributed by atoms with Gasteiger partial charge in [-0.25, -0.2) is 4.79 Å². The number of unbranched alkanes of at least 4 members (excludes halogenated alkanes) is 17. The number of quaternary nitrogens is 1. The molecule has 0 aromatic heterocycles. The zero-order chi connectivity index (χ0) is 40.7. The summed E-state index contributed by atoms with van der Waals surface area (Å²) in [6.07, 6.45) is 44.3. The molecule has 0 saturated heterocycles. The van der Waals surface area contributed by atoms with Gasteiger partial charge in [-0.3, -0.25) is 9.59 Å². The van der Waals surface area contributed by atoms with Gasteiger partial charge in [-0.2, -0.15) is 0 Å². The summed E-state index contributed by atoms with van der Waals surface area (Å²) in [5.41, 5.74) is 0. The van der Waals surface area contributed by atoms with Gasteiger partial charge in [0.2, 0.25) is 0 Å². The fraction of sp³-hybridized carbons (Fsp3) is 0.766. The Bertz CT molecular complexity index is 1040. The van der Waals surface area contributed by atoms with Crippen LogP contribution in [0.1, 0.15) is 181 Å². The maximum Gasteiger partial charge on any atom is 0.362 e. The molecule has 0 bridgehead atoms. The topological polar surface area (TPSA) is 99.1 Å². The third-order valence-electron chi connectivity index (χ3n) is 9.74. The van der Waals surface area contributed by atoms with Gasteiger partial charge in [0.05, 0.1) is 34.4 Å². The van der Waals surface area contributed by atoms with E-state index in [0.717, 1.165) is 77.0 Å². The summed E-state index contributed by atoms with van der Waals surface area (Å²) in [5, 5.41) is 9.61. The van der Waals surface area contributed by atoms with Crippen LogP contribution in [0.25, 0.3) is 0 Å². The van der Waals surface area contributed by atoms with E-state index in [1.807, 2.05) is 21.1 Å². The lowest BCUT2D eigenvalue weighted by molar-refractivity contribution is -0.887. The van der Waals surface area contributed by atoms with Gasteiger partial charge in [0, 0.05) is 19.3 Å². The third kappa shape index (κ3) is 36.7.